The fourth-order valence-electron chi connectivity index (χ4n) is 2.10. The third-order valence-electron chi connectivity index (χ3n) is 3.34. The summed E-state index contributed by atoms with van der Waals surface area (Å²) in [7, 11) is 0. The number of nitrogens with zero attached hydrogens (tertiary/aromatic N) is 4. The molecule has 0 atom stereocenters. The molecule has 0 unspecified atom stereocenters. The fraction of sp³-hybridized carbons (Fsp3) is 0.125. The Bertz CT molecular complexity index is 828. The number of rotatable bonds is 4. The summed E-state index contributed by atoms with van der Waals surface area (Å²) < 4.78 is 2.52. The van der Waals surface area contributed by atoms with E-state index in [4.69, 9.17) is 0 Å². The van der Waals surface area contributed by atoms with E-state index in [1.807, 2.05) is 49.4 Å². The quantitative estimate of drug-likeness (QED) is 0.660. The van der Waals surface area contributed by atoms with Crippen LogP contribution in [0.3, 0.4) is 0 Å². The summed E-state index contributed by atoms with van der Waals surface area (Å²) in [6, 6.07) is 15.3. The molecule has 0 radical (unpaired) electrons. The molecule has 1 N–H and O–H groups in total. The molecule has 1 amide bonds. The van der Waals surface area contributed by atoms with E-state index < -0.39 is 0 Å². The van der Waals surface area contributed by atoms with Gasteiger partial charge < -0.3 is 5.32 Å². The van der Waals surface area contributed by atoms with Gasteiger partial charge in [-0.2, -0.15) is 4.68 Å². The van der Waals surface area contributed by atoms with Gasteiger partial charge >= 0.3 is 0 Å². The van der Waals surface area contributed by atoms with Crippen LogP contribution in [0.1, 0.15) is 21.7 Å². The molecular weight excluding hydrogens is 405 g/mol. The van der Waals surface area contributed by atoms with Crippen LogP contribution < -0.4 is 5.32 Å². The average molecular weight is 419 g/mol. The van der Waals surface area contributed by atoms with Crippen LogP contribution in [0.25, 0.3) is 5.69 Å². The number of carbonyl (C=O) groups is 1. The van der Waals surface area contributed by atoms with Gasteiger partial charge in [-0.25, -0.2) is 0 Å². The van der Waals surface area contributed by atoms with Gasteiger partial charge in [0.05, 0.1) is 17.8 Å². The van der Waals surface area contributed by atoms with Crippen molar-refractivity contribution in [2.75, 3.05) is 0 Å². The van der Waals surface area contributed by atoms with Crippen LogP contribution in [-0.4, -0.2) is 26.1 Å². The maximum Gasteiger partial charge on any atom is 0.252 e. The number of aryl methyl sites for hydroxylation is 1. The lowest BCUT2D eigenvalue weighted by atomic mass is 10.2. The highest BCUT2D eigenvalue weighted by molar-refractivity contribution is 14.1. The molecule has 0 aliphatic heterocycles. The Hall–Kier alpha value is -2.29. The van der Waals surface area contributed by atoms with Crippen LogP contribution in [0.2, 0.25) is 0 Å². The molecule has 1 heterocycles. The highest BCUT2D eigenvalue weighted by Crippen LogP contribution is 2.12. The van der Waals surface area contributed by atoms with E-state index in [2.05, 4.69) is 43.4 Å². The standard InChI is InChI=1S/C16H14IN5O/c1-11-6-8-12(9-7-11)22-15(19-20-21-22)10-18-16(23)13-4-2-3-5-14(13)17/h2-9H,10H2,1H3,(H,18,23). The molecule has 23 heavy (non-hydrogen) atoms. The van der Waals surface area contributed by atoms with Gasteiger partial charge in [0.25, 0.3) is 5.91 Å². The Labute approximate surface area is 147 Å². The first-order chi connectivity index (χ1) is 11.1. The van der Waals surface area contributed by atoms with Crippen LogP contribution >= 0.6 is 22.6 Å². The summed E-state index contributed by atoms with van der Waals surface area (Å²) in [4.78, 5) is 12.3. The summed E-state index contributed by atoms with van der Waals surface area (Å²) in [5.41, 5.74) is 2.66. The molecule has 0 bridgehead atoms. The zero-order chi connectivity index (χ0) is 16.2. The Balaban J connectivity index is 1.75. The Morgan fingerprint density at radius 3 is 2.65 bits per heavy atom. The summed E-state index contributed by atoms with van der Waals surface area (Å²) >= 11 is 2.14. The lowest BCUT2D eigenvalue weighted by Gasteiger charge is -2.07. The number of carbonyl (C=O) groups excluding carboxylic acids is 1. The van der Waals surface area contributed by atoms with Gasteiger partial charge in [0.1, 0.15) is 0 Å². The Kier molecular flexibility index (Phi) is 4.65. The number of hydrogen-bond donors (Lipinski definition) is 1. The molecule has 1 aromatic heterocycles. The van der Waals surface area contributed by atoms with Gasteiger partial charge in [-0.05, 0) is 64.2 Å². The maximum atomic E-state index is 12.3. The molecule has 0 saturated carbocycles. The summed E-state index contributed by atoms with van der Waals surface area (Å²) in [5.74, 6) is 0.432. The van der Waals surface area contributed by atoms with Crippen LogP contribution in [0.5, 0.6) is 0 Å². The summed E-state index contributed by atoms with van der Waals surface area (Å²) in [6.07, 6.45) is 0. The molecule has 3 aromatic rings. The first-order valence-corrected chi connectivity index (χ1v) is 8.10. The van der Waals surface area contributed by atoms with Crippen molar-refractivity contribution in [2.45, 2.75) is 13.5 Å². The second-order valence-electron chi connectivity index (χ2n) is 5.00. The first kappa shape index (κ1) is 15.6. The minimum absolute atomic E-state index is 0.145. The topological polar surface area (TPSA) is 72.7 Å². The highest BCUT2D eigenvalue weighted by atomic mass is 127. The van der Waals surface area contributed by atoms with Crippen LogP contribution in [0, 0.1) is 10.5 Å². The van der Waals surface area contributed by atoms with Crippen molar-refractivity contribution < 1.29 is 4.79 Å². The minimum atomic E-state index is -0.145. The SMILES string of the molecule is Cc1ccc(-n2nnnc2CNC(=O)c2ccccc2I)cc1. The van der Waals surface area contributed by atoms with Crippen molar-refractivity contribution in [3.05, 3.63) is 69.1 Å². The van der Waals surface area contributed by atoms with Crippen molar-refractivity contribution in [2.24, 2.45) is 0 Å². The molecular formula is C16H14IN5O. The summed E-state index contributed by atoms with van der Waals surface area (Å²) in [5, 5.41) is 14.5. The van der Waals surface area contributed by atoms with Crippen molar-refractivity contribution >= 4 is 28.5 Å². The Morgan fingerprint density at radius 1 is 1.17 bits per heavy atom. The molecule has 6 nitrogen and oxygen atoms in total. The van der Waals surface area contributed by atoms with Crippen molar-refractivity contribution in [1.82, 2.24) is 25.5 Å². The predicted octanol–water partition coefficient (Wildman–Crippen LogP) is 2.51. The van der Waals surface area contributed by atoms with Gasteiger partial charge in [-0.15, -0.1) is 5.10 Å². The van der Waals surface area contributed by atoms with Crippen LogP contribution in [-0.2, 0) is 6.54 Å². The number of hydrogen-bond acceptors (Lipinski definition) is 4. The van der Waals surface area contributed by atoms with E-state index in [0.717, 1.165) is 14.8 Å². The molecule has 0 aliphatic carbocycles. The second-order valence-corrected chi connectivity index (χ2v) is 6.17. The largest absolute Gasteiger partial charge is 0.345 e. The van der Waals surface area contributed by atoms with Crippen molar-refractivity contribution in [3.8, 4) is 5.69 Å². The number of halogens is 1. The van der Waals surface area contributed by atoms with E-state index in [-0.39, 0.29) is 12.5 Å². The zero-order valence-electron chi connectivity index (χ0n) is 12.4. The average Bonchev–Trinajstić information content (AvgIpc) is 3.02. The molecule has 0 spiro atoms. The van der Waals surface area contributed by atoms with Crippen LogP contribution in [0.15, 0.2) is 48.5 Å². The third kappa shape index (κ3) is 3.55. The zero-order valence-corrected chi connectivity index (χ0v) is 14.6. The van der Waals surface area contributed by atoms with Gasteiger partial charge in [-0.3, -0.25) is 4.79 Å². The Morgan fingerprint density at radius 2 is 1.91 bits per heavy atom. The number of aromatic nitrogens is 4. The van der Waals surface area contributed by atoms with Gasteiger partial charge in [0.2, 0.25) is 0 Å². The third-order valence-corrected chi connectivity index (χ3v) is 4.28. The van der Waals surface area contributed by atoms with Crippen molar-refractivity contribution in [3.63, 3.8) is 0 Å². The predicted molar refractivity (Wildman–Crippen MR) is 94.2 cm³/mol. The van der Waals surface area contributed by atoms with E-state index in [1.165, 1.54) is 0 Å². The van der Waals surface area contributed by atoms with E-state index in [1.54, 1.807) is 10.7 Å². The van der Waals surface area contributed by atoms with E-state index >= 15 is 0 Å². The van der Waals surface area contributed by atoms with Gasteiger partial charge in [-0.1, -0.05) is 29.8 Å². The second kappa shape index (κ2) is 6.86. The molecule has 0 saturated heterocycles. The molecule has 116 valence electrons. The first-order valence-electron chi connectivity index (χ1n) is 7.02. The molecule has 0 aliphatic rings. The number of amides is 1. The molecule has 2 aromatic carbocycles. The van der Waals surface area contributed by atoms with Gasteiger partial charge in [0.15, 0.2) is 5.82 Å². The smallest absolute Gasteiger partial charge is 0.252 e. The minimum Gasteiger partial charge on any atom is -0.345 e. The number of tetrazole rings is 1. The van der Waals surface area contributed by atoms with E-state index in [0.29, 0.717) is 11.4 Å². The lowest BCUT2D eigenvalue weighted by molar-refractivity contribution is 0.0948. The van der Waals surface area contributed by atoms with Gasteiger partial charge in [0, 0.05) is 3.57 Å². The van der Waals surface area contributed by atoms with Crippen molar-refractivity contribution in [1.29, 1.82) is 0 Å². The number of benzene rings is 2. The normalized spacial score (nSPS) is 10.5. The molecule has 7 heteroatoms. The monoisotopic (exact) mass is 419 g/mol. The molecule has 3 rings (SSSR count). The molecule has 0 fully saturated rings. The maximum absolute atomic E-state index is 12.3. The van der Waals surface area contributed by atoms with E-state index in [9.17, 15) is 4.79 Å². The van der Waals surface area contributed by atoms with Crippen LogP contribution in [0.4, 0.5) is 0 Å². The number of nitrogens with one attached hydrogen (secondary N) is 1. The fourth-order valence-corrected chi connectivity index (χ4v) is 2.73. The highest BCUT2D eigenvalue weighted by Gasteiger charge is 2.12. The lowest BCUT2D eigenvalue weighted by Crippen LogP contribution is -2.25. The summed E-state index contributed by atoms with van der Waals surface area (Å²) in [6.45, 7) is 2.27.